The fourth-order valence-electron chi connectivity index (χ4n) is 3.58. The van der Waals surface area contributed by atoms with Gasteiger partial charge < -0.3 is 14.8 Å². The standard InChI is InChI=1S/C24H27N5O2S2/c1-16-9-10-20(11-17(16)2)25-23(31)21-13-32-15-29(21)22(30)14-33-24-27-26-18(3)28(24)12-19-7-5-4-6-8-19/h4-11,21H,12-15H2,1-3H3,(H,25,31). The van der Waals surface area contributed by atoms with E-state index in [9.17, 15) is 9.59 Å². The molecule has 4 rings (SSSR count). The zero-order valence-electron chi connectivity index (χ0n) is 18.9. The molecular weight excluding hydrogens is 454 g/mol. The van der Waals surface area contributed by atoms with Gasteiger partial charge in [0.2, 0.25) is 11.8 Å². The quantitative estimate of drug-likeness (QED) is 0.516. The van der Waals surface area contributed by atoms with E-state index in [-0.39, 0.29) is 17.6 Å². The Morgan fingerprint density at radius 1 is 1.09 bits per heavy atom. The minimum atomic E-state index is -0.478. The first-order valence-corrected chi connectivity index (χ1v) is 12.9. The van der Waals surface area contributed by atoms with Crippen molar-refractivity contribution in [1.29, 1.82) is 0 Å². The van der Waals surface area contributed by atoms with Crippen molar-refractivity contribution in [3.63, 3.8) is 0 Å². The molecule has 0 bridgehead atoms. The molecule has 0 spiro atoms. The second kappa shape index (κ2) is 10.4. The molecule has 1 aliphatic rings. The fraction of sp³-hybridized carbons (Fsp3) is 0.333. The van der Waals surface area contributed by atoms with Crippen molar-refractivity contribution in [2.45, 2.75) is 38.5 Å². The lowest BCUT2D eigenvalue weighted by Crippen LogP contribution is -2.45. The van der Waals surface area contributed by atoms with Gasteiger partial charge in [-0.25, -0.2) is 0 Å². The summed E-state index contributed by atoms with van der Waals surface area (Å²) in [5, 5.41) is 12.1. The van der Waals surface area contributed by atoms with Crippen LogP contribution in [0.5, 0.6) is 0 Å². The van der Waals surface area contributed by atoms with E-state index >= 15 is 0 Å². The predicted octanol–water partition coefficient (Wildman–Crippen LogP) is 3.88. The molecule has 2 aromatic carbocycles. The van der Waals surface area contributed by atoms with E-state index in [1.807, 2.05) is 61.7 Å². The maximum Gasteiger partial charge on any atom is 0.248 e. The molecule has 0 radical (unpaired) electrons. The minimum Gasteiger partial charge on any atom is -0.324 e. The van der Waals surface area contributed by atoms with Gasteiger partial charge in [-0.2, -0.15) is 0 Å². The van der Waals surface area contributed by atoms with Gasteiger partial charge in [0, 0.05) is 11.4 Å². The van der Waals surface area contributed by atoms with Crippen LogP contribution in [-0.4, -0.2) is 54.9 Å². The van der Waals surface area contributed by atoms with E-state index in [2.05, 4.69) is 27.6 Å². The number of rotatable bonds is 7. The molecule has 1 unspecified atom stereocenters. The summed E-state index contributed by atoms with van der Waals surface area (Å²) in [5.41, 5.74) is 4.19. The number of nitrogens with zero attached hydrogens (tertiary/aromatic N) is 4. The largest absolute Gasteiger partial charge is 0.324 e. The summed E-state index contributed by atoms with van der Waals surface area (Å²) in [7, 11) is 0. The van der Waals surface area contributed by atoms with Gasteiger partial charge in [0.25, 0.3) is 0 Å². The molecular formula is C24H27N5O2S2. The van der Waals surface area contributed by atoms with Crippen LogP contribution in [0.2, 0.25) is 0 Å². The number of benzene rings is 2. The Balaban J connectivity index is 1.38. The van der Waals surface area contributed by atoms with Crippen LogP contribution in [0.1, 0.15) is 22.5 Å². The third kappa shape index (κ3) is 5.59. The number of aryl methyl sites for hydroxylation is 3. The minimum absolute atomic E-state index is 0.0721. The predicted molar refractivity (Wildman–Crippen MR) is 134 cm³/mol. The number of nitrogens with one attached hydrogen (secondary N) is 1. The summed E-state index contributed by atoms with van der Waals surface area (Å²) in [6, 6.07) is 15.5. The number of anilines is 1. The van der Waals surface area contributed by atoms with Crippen LogP contribution in [0, 0.1) is 20.8 Å². The Bertz CT molecular complexity index is 1150. The van der Waals surface area contributed by atoms with Crippen LogP contribution >= 0.6 is 23.5 Å². The first-order chi connectivity index (χ1) is 15.9. The van der Waals surface area contributed by atoms with E-state index in [0.29, 0.717) is 23.3 Å². The van der Waals surface area contributed by atoms with Gasteiger partial charge in [-0.15, -0.1) is 22.0 Å². The van der Waals surface area contributed by atoms with Crippen LogP contribution in [0.4, 0.5) is 5.69 Å². The van der Waals surface area contributed by atoms with Crippen molar-refractivity contribution in [3.8, 4) is 0 Å². The summed E-state index contributed by atoms with van der Waals surface area (Å²) < 4.78 is 2.01. The molecule has 1 aromatic heterocycles. The molecule has 0 saturated carbocycles. The maximum atomic E-state index is 13.0. The zero-order valence-corrected chi connectivity index (χ0v) is 20.6. The Morgan fingerprint density at radius 3 is 2.64 bits per heavy atom. The normalized spacial score (nSPS) is 15.6. The van der Waals surface area contributed by atoms with Gasteiger partial charge in [-0.05, 0) is 49.6 Å². The Hall–Kier alpha value is -2.78. The van der Waals surface area contributed by atoms with Crippen molar-refractivity contribution in [2.75, 3.05) is 22.7 Å². The number of amides is 2. The third-order valence-corrected chi connectivity index (χ3v) is 7.65. The lowest BCUT2D eigenvalue weighted by molar-refractivity contribution is -0.134. The molecule has 1 atom stereocenters. The van der Waals surface area contributed by atoms with Crippen molar-refractivity contribution < 1.29 is 9.59 Å². The number of hydrogen-bond donors (Lipinski definition) is 1. The van der Waals surface area contributed by atoms with Crippen LogP contribution in [0.25, 0.3) is 0 Å². The molecule has 33 heavy (non-hydrogen) atoms. The Morgan fingerprint density at radius 2 is 1.88 bits per heavy atom. The first kappa shape index (κ1) is 23.4. The van der Waals surface area contributed by atoms with E-state index in [4.69, 9.17) is 0 Å². The van der Waals surface area contributed by atoms with Crippen LogP contribution in [0.3, 0.4) is 0 Å². The molecule has 1 saturated heterocycles. The molecule has 2 heterocycles. The molecule has 172 valence electrons. The third-order valence-electron chi connectivity index (χ3n) is 5.69. The first-order valence-electron chi connectivity index (χ1n) is 10.7. The number of hydrogen-bond acceptors (Lipinski definition) is 6. The van der Waals surface area contributed by atoms with Crippen LogP contribution in [0.15, 0.2) is 53.7 Å². The molecule has 1 N–H and O–H groups in total. The smallest absolute Gasteiger partial charge is 0.248 e. The summed E-state index contributed by atoms with van der Waals surface area (Å²) in [6.07, 6.45) is 0. The van der Waals surface area contributed by atoms with Gasteiger partial charge in [0.15, 0.2) is 5.16 Å². The second-order valence-corrected chi connectivity index (χ2v) is 10.00. The van der Waals surface area contributed by atoms with E-state index < -0.39 is 6.04 Å². The van der Waals surface area contributed by atoms with Crippen LogP contribution in [-0.2, 0) is 16.1 Å². The molecule has 1 aliphatic heterocycles. The van der Waals surface area contributed by atoms with Gasteiger partial charge in [0.05, 0.1) is 18.2 Å². The highest BCUT2D eigenvalue weighted by Crippen LogP contribution is 2.26. The molecule has 1 fully saturated rings. The highest BCUT2D eigenvalue weighted by molar-refractivity contribution is 8.00. The highest BCUT2D eigenvalue weighted by atomic mass is 32.2. The van der Waals surface area contributed by atoms with Crippen molar-refractivity contribution in [1.82, 2.24) is 19.7 Å². The van der Waals surface area contributed by atoms with Crippen molar-refractivity contribution >= 4 is 41.0 Å². The average molecular weight is 482 g/mol. The zero-order chi connectivity index (χ0) is 23.4. The van der Waals surface area contributed by atoms with Gasteiger partial charge >= 0.3 is 0 Å². The summed E-state index contributed by atoms with van der Waals surface area (Å²) >= 11 is 2.96. The lowest BCUT2D eigenvalue weighted by Gasteiger charge is -2.23. The average Bonchev–Trinajstić information content (AvgIpc) is 3.43. The number of thioether (sulfide) groups is 2. The number of carbonyl (C=O) groups is 2. The topological polar surface area (TPSA) is 80.1 Å². The molecule has 7 nitrogen and oxygen atoms in total. The monoisotopic (exact) mass is 481 g/mol. The molecule has 9 heteroatoms. The van der Waals surface area contributed by atoms with Gasteiger partial charge in [0.1, 0.15) is 11.9 Å². The van der Waals surface area contributed by atoms with E-state index in [1.54, 1.807) is 16.7 Å². The van der Waals surface area contributed by atoms with Crippen molar-refractivity contribution in [3.05, 3.63) is 71.0 Å². The van der Waals surface area contributed by atoms with Crippen LogP contribution < -0.4 is 5.32 Å². The number of aromatic nitrogens is 3. The molecule has 3 aromatic rings. The maximum absolute atomic E-state index is 13.0. The fourth-order valence-corrected chi connectivity index (χ4v) is 5.63. The van der Waals surface area contributed by atoms with E-state index in [0.717, 1.165) is 22.6 Å². The summed E-state index contributed by atoms with van der Waals surface area (Å²) in [4.78, 5) is 27.6. The summed E-state index contributed by atoms with van der Waals surface area (Å²) in [5.74, 6) is 1.90. The molecule has 0 aliphatic carbocycles. The highest BCUT2D eigenvalue weighted by Gasteiger charge is 2.34. The van der Waals surface area contributed by atoms with Crippen molar-refractivity contribution in [2.24, 2.45) is 0 Å². The Kier molecular flexibility index (Phi) is 7.39. The number of carbonyl (C=O) groups excluding carboxylic acids is 2. The molecule has 2 amide bonds. The van der Waals surface area contributed by atoms with Gasteiger partial charge in [-0.3, -0.25) is 9.59 Å². The Labute approximate surface area is 202 Å². The second-order valence-electron chi connectivity index (χ2n) is 8.06. The summed E-state index contributed by atoms with van der Waals surface area (Å²) in [6.45, 7) is 6.61. The van der Waals surface area contributed by atoms with E-state index in [1.165, 1.54) is 17.3 Å². The lowest BCUT2D eigenvalue weighted by atomic mass is 10.1. The van der Waals surface area contributed by atoms with Gasteiger partial charge in [-0.1, -0.05) is 48.2 Å². The SMILES string of the molecule is Cc1ccc(NC(=O)C2CSCN2C(=O)CSc2nnc(C)n2Cc2ccccc2)cc1C.